The quantitative estimate of drug-likeness (QED) is 0.834. The molecule has 0 unspecified atom stereocenters. The summed E-state index contributed by atoms with van der Waals surface area (Å²) in [7, 11) is 0. The molecule has 0 aliphatic heterocycles. The third kappa shape index (κ3) is 3.70. The molecule has 1 aliphatic rings. The van der Waals surface area contributed by atoms with Gasteiger partial charge in [0.25, 0.3) is 5.91 Å². The predicted octanol–water partition coefficient (Wildman–Crippen LogP) is 1.82. The summed E-state index contributed by atoms with van der Waals surface area (Å²) in [6.07, 6.45) is 3.01. The Morgan fingerprint density at radius 2 is 1.95 bits per heavy atom. The molecule has 2 rings (SSSR count). The van der Waals surface area contributed by atoms with Gasteiger partial charge in [-0.2, -0.15) is 0 Å². The second kappa shape index (κ2) is 6.22. The maximum atomic E-state index is 12.1. The zero-order chi connectivity index (χ0) is 14.7. The number of aromatic nitrogens is 1. The van der Waals surface area contributed by atoms with Crippen molar-refractivity contribution in [3.63, 3.8) is 0 Å². The van der Waals surface area contributed by atoms with E-state index >= 15 is 0 Å². The Labute approximate surface area is 122 Å². The first kappa shape index (κ1) is 14.8. The standard InChI is InChI=1S/C14H18ClN3O2/c1-8-6-10(7-12(15)17-8)14(20)18-11-4-2-9(3-5-11)13(16)19/h6-7,9,11H,2-5H2,1H3,(H2,16,19)(H,18,20). The minimum absolute atomic E-state index is 0.0548. The second-order valence-corrected chi connectivity index (χ2v) is 5.63. The van der Waals surface area contributed by atoms with Crippen LogP contribution < -0.4 is 11.1 Å². The summed E-state index contributed by atoms with van der Waals surface area (Å²) >= 11 is 5.85. The fourth-order valence-corrected chi connectivity index (χ4v) is 2.80. The minimum atomic E-state index is -0.244. The molecule has 5 nitrogen and oxygen atoms in total. The number of pyridine rings is 1. The van der Waals surface area contributed by atoms with Crippen molar-refractivity contribution < 1.29 is 9.59 Å². The van der Waals surface area contributed by atoms with Crippen LogP contribution in [0.25, 0.3) is 0 Å². The molecule has 0 spiro atoms. The number of primary amides is 1. The minimum Gasteiger partial charge on any atom is -0.369 e. The van der Waals surface area contributed by atoms with Crippen LogP contribution in [0.15, 0.2) is 12.1 Å². The summed E-state index contributed by atoms with van der Waals surface area (Å²) in [6.45, 7) is 1.79. The molecule has 2 amide bonds. The van der Waals surface area contributed by atoms with E-state index in [0.717, 1.165) is 25.7 Å². The lowest BCUT2D eigenvalue weighted by atomic mass is 9.85. The monoisotopic (exact) mass is 295 g/mol. The van der Waals surface area contributed by atoms with Gasteiger partial charge in [-0.15, -0.1) is 0 Å². The number of nitrogens with one attached hydrogen (secondary N) is 1. The number of nitrogens with two attached hydrogens (primary N) is 1. The fourth-order valence-electron chi connectivity index (χ4n) is 2.55. The molecule has 108 valence electrons. The Bertz CT molecular complexity index is 505. The molecule has 1 aromatic heterocycles. The first-order valence-electron chi connectivity index (χ1n) is 6.70. The Morgan fingerprint density at radius 3 is 2.50 bits per heavy atom. The molecular formula is C14H18ClN3O2. The van der Waals surface area contributed by atoms with E-state index in [0.29, 0.717) is 16.4 Å². The molecule has 1 aliphatic carbocycles. The van der Waals surface area contributed by atoms with E-state index < -0.39 is 0 Å². The number of halogens is 1. The van der Waals surface area contributed by atoms with Crippen molar-refractivity contribution in [3.8, 4) is 0 Å². The van der Waals surface area contributed by atoms with Crippen molar-refractivity contribution in [1.29, 1.82) is 0 Å². The van der Waals surface area contributed by atoms with Crippen molar-refractivity contribution in [2.24, 2.45) is 11.7 Å². The first-order valence-corrected chi connectivity index (χ1v) is 7.08. The molecule has 0 bridgehead atoms. The van der Waals surface area contributed by atoms with Crippen LogP contribution in [0.2, 0.25) is 5.15 Å². The number of carbonyl (C=O) groups is 2. The molecule has 0 saturated heterocycles. The van der Waals surface area contributed by atoms with E-state index in [1.165, 1.54) is 0 Å². The van der Waals surface area contributed by atoms with Gasteiger partial charge < -0.3 is 11.1 Å². The van der Waals surface area contributed by atoms with Gasteiger partial charge >= 0.3 is 0 Å². The Hall–Kier alpha value is -1.62. The van der Waals surface area contributed by atoms with Crippen LogP contribution in [0.3, 0.4) is 0 Å². The molecule has 0 atom stereocenters. The maximum Gasteiger partial charge on any atom is 0.251 e. The van der Waals surface area contributed by atoms with E-state index in [-0.39, 0.29) is 23.8 Å². The van der Waals surface area contributed by atoms with Crippen LogP contribution in [-0.4, -0.2) is 22.8 Å². The van der Waals surface area contributed by atoms with Crippen LogP contribution in [0.5, 0.6) is 0 Å². The van der Waals surface area contributed by atoms with Gasteiger partial charge in [0.05, 0.1) is 0 Å². The van der Waals surface area contributed by atoms with Gasteiger partial charge in [0.1, 0.15) is 5.15 Å². The van der Waals surface area contributed by atoms with E-state index in [9.17, 15) is 9.59 Å². The third-order valence-electron chi connectivity index (χ3n) is 3.65. The largest absolute Gasteiger partial charge is 0.369 e. The van der Waals surface area contributed by atoms with Crippen LogP contribution in [-0.2, 0) is 4.79 Å². The summed E-state index contributed by atoms with van der Waals surface area (Å²) in [5.74, 6) is -0.452. The highest BCUT2D eigenvalue weighted by atomic mass is 35.5. The van der Waals surface area contributed by atoms with Crippen molar-refractivity contribution in [3.05, 3.63) is 28.5 Å². The highest BCUT2D eigenvalue weighted by Gasteiger charge is 2.25. The topological polar surface area (TPSA) is 85.1 Å². The summed E-state index contributed by atoms with van der Waals surface area (Å²) in [6, 6.07) is 3.35. The van der Waals surface area contributed by atoms with E-state index in [2.05, 4.69) is 10.3 Å². The van der Waals surface area contributed by atoms with E-state index in [1.807, 2.05) is 0 Å². The number of nitrogens with zero attached hydrogens (tertiary/aromatic N) is 1. The Kier molecular flexibility index (Phi) is 4.60. The smallest absolute Gasteiger partial charge is 0.251 e. The molecule has 3 N–H and O–H groups in total. The van der Waals surface area contributed by atoms with E-state index in [1.54, 1.807) is 19.1 Å². The number of rotatable bonds is 3. The number of carbonyl (C=O) groups excluding carboxylic acids is 2. The van der Waals surface area contributed by atoms with Crippen molar-refractivity contribution in [1.82, 2.24) is 10.3 Å². The van der Waals surface area contributed by atoms with Gasteiger partial charge in [-0.25, -0.2) is 4.98 Å². The van der Waals surface area contributed by atoms with Crippen molar-refractivity contribution in [2.75, 3.05) is 0 Å². The average molecular weight is 296 g/mol. The Balaban J connectivity index is 1.94. The zero-order valence-corrected chi connectivity index (χ0v) is 12.1. The molecule has 20 heavy (non-hydrogen) atoms. The number of hydrogen-bond acceptors (Lipinski definition) is 3. The molecule has 0 aromatic carbocycles. The lowest BCUT2D eigenvalue weighted by Gasteiger charge is -2.27. The summed E-state index contributed by atoms with van der Waals surface area (Å²) in [5, 5.41) is 3.28. The van der Waals surface area contributed by atoms with Gasteiger partial charge in [-0.3, -0.25) is 9.59 Å². The van der Waals surface area contributed by atoms with Crippen LogP contribution in [0, 0.1) is 12.8 Å². The highest BCUT2D eigenvalue weighted by Crippen LogP contribution is 2.24. The van der Waals surface area contributed by atoms with Crippen LogP contribution in [0.1, 0.15) is 41.7 Å². The molecule has 1 aromatic rings. The molecule has 1 heterocycles. The number of hydrogen-bond donors (Lipinski definition) is 2. The van der Waals surface area contributed by atoms with Crippen molar-refractivity contribution in [2.45, 2.75) is 38.6 Å². The number of amides is 2. The molecule has 1 fully saturated rings. The Morgan fingerprint density at radius 1 is 1.30 bits per heavy atom. The maximum absolute atomic E-state index is 12.1. The summed E-state index contributed by atoms with van der Waals surface area (Å²) < 4.78 is 0. The lowest BCUT2D eigenvalue weighted by molar-refractivity contribution is -0.122. The van der Waals surface area contributed by atoms with Crippen LogP contribution in [0.4, 0.5) is 0 Å². The van der Waals surface area contributed by atoms with Crippen LogP contribution >= 0.6 is 11.6 Å². The average Bonchev–Trinajstić information content (AvgIpc) is 2.38. The second-order valence-electron chi connectivity index (χ2n) is 5.24. The molecule has 0 radical (unpaired) electrons. The van der Waals surface area contributed by atoms with Gasteiger partial charge in [-0.05, 0) is 44.7 Å². The fraction of sp³-hybridized carbons (Fsp3) is 0.500. The molecular weight excluding hydrogens is 278 g/mol. The molecule has 1 saturated carbocycles. The van der Waals surface area contributed by atoms with Crippen molar-refractivity contribution >= 4 is 23.4 Å². The number of aryl methyl sites for hydroxylation is 1. The SMILES string of the molecule is Cc1cc(C(=O)NC2CCC(C(N)=O)CC2)cc(Cl)n1. The molecule has 6 heteroatoms. The van der Waals surface area contributed by atoms with E-state index in [4.69, 9.17) is 17.3 Å². The predicted molar refractivity (Wildman–Crippen MR) is 76.4 cm³/mol. The lowest BCUT2D eigenvalue weighted by Crippen LogP contribution is -2.39. The van der Waals surface area contributed by atoms with Gasteiger partial charge in [0, 0.05) is 23.2 Å². The normalized spacial score (nSPS) is 22.3. The van der Waals surface area contributed by atoms with Gasteiger partial charge in [0.2, 0.25) is 5.91 Å². The van der Waals surface area contributed by atoms with Gasteiger partial charge in [0.15, 0.2) is 0 Å². The first-order chi connectivity index (χ1) is 9.45. The third-order valence-corrected chi connectivity index (χ3v) is 3.84. The zero-order valence-electron chi connectivity index (χ0n) is 11.4. The van der Waals surface area contributed by atoms with Gasteiger partial charge in [-0.1, -0.05) is 11.6 Å². The summed E-state index contributed by atoms with van der Waals surface area (Å²) in [4.78, 5) is 27.3. The highest BCUT2D eigenvalue weighted by molar-refractivity contribution is 6.29. The summed E-state index contributed by atoms with van der Waals surface area (Å²) in [5.41, 5.74) is 6.51.